The smallest absolute Gasteiger partial charge is 0.137 e. The van der Waals surface area contributed by atoms with Crippen molar-refractivity contribution in [1.82, 2.24) is 74.3 Å². The zero-order valence-corrected chi connectivity index (χ0v) is 60.5. The Morgan fingerprint density at radius 1 is 0.511 bits per heavy atom. The number of aromatic nitrogens is 15. The number of H-pyrrole nitrogens is 1. The van der Waals surface area contributed by atoms with Crippen LogP contribution in [0.15, 0.2) is 104 Å². The molecule has 0 spiro atoms. The molecular formula is C71H113N15O3S. The lowest BCUT2D eigenvalue weighted by atomic mass is 10.0. The van der Waals surface area contributed by atoms with Crippen LogP contribution in [0.4, 0.5) is 0 Å². The molecule has 0 bridgehead atoms. The molecule has 19 heteroatoms. The van der Waals surface area contributed by atoms with Gasteiger partial charge < -0.3 is 15.3 Å². The van der Waals surface area contributed by atoms with E-state index in [1.165, 1.54) is 33.2 Å². The molecule has 2 aromatic carbocycles. The van der Waals surface area contributed by atoms with Crippen molar-refractivity contribution in [3.05, 3.63) is 176 Å². The van der Waals surface area contributed by atoms with Crippen LogP contribution in [0, 0.1) is 13.8 Å². The number of hydrogen-bond donors (Lipinski definition) is 4. The summed E-state index contributed by atoms with van der Waals surface area (Å²) in [5.41, 5.74) is 8.67. The van der Waals surface area contributed by atoms with Gasteiger partial charge in [0.05, 0.1) is 62.8 Å². The molecule has 0 amide bonds. The molecule has 18 nitrogen and oxygen atoms in total. The molecule has 90 heavy (non-hydrogen) atoms. The SMILES string of the molecule is CC(C)c1cc(C(C)(C)O)n(-c2ccccc2)n1.CC(C)c1cc(C(C)(C)O)n(C)n1.CC(C)c1cc(C(C)(C)O)n(Cc2ccccc2)n1.CC(C)c1cn(C(C)C)nn1.CC(C)c1ncn[nH]1.Cc1cc(C(C)C)nn1C(C)C.Cc1ncc(C(C)C)s1. The van der Waals surface area contributed by atoms with Gasteiger partial charge in [-0.3, -0.25) is 19.1 Å². The molecule has 0 unspecified atom stereocenters. The third-order valence-electron chi connectivity index (χ3n) is 14.1. The molecule has 4 N–H and O–H groups in total. The van der Waals surface area contributed by atoms with Gasteiger partial charge in [-0.1, -0.05) is 151 Å². The Hall–Kier alpha value is -6.93. The Morgan fingerprint density at radius 2 is 0.989 bits per heavy atom. The average molecular weight is 1260 g/mol. The number of hydrogen-bond acceptors (Lipinski definition) is 13. The van der Waals surface area contributed by atoms with Crippen LogP contribution in [0.2, 0.25) is 0 Å². The number of nitrogens with one attached hydrogen (secondary N) is 1. The molecule has 7 aromatic heterocycles. The summed E-state index contributed by atoms with van der Waals surface area (Å²) in [6.45, 7) is 53.8. The molecule has 9 rings (SSSR count). The lowest BCUT2D eigenvalue weighted by Gasteiger charge is -2.19. The predicted octanol–water partition coefficient (Wildman–Crippen LogP) is 16.7. The molecule has 496 valence electrons. The number of para-hydroxylation sites is 1. The molecular weight excluding hydrogens is 1140 g/mol. The quantitative estimate of drug-likeness (QED) is 0.0754. The fraction of sp³-hybridized carbons (Fsp3) is 0.563. The van der Waals surface area contributed by atoms with E-state index < -0.39 is 16.8 Å². The Labute approximate surface area is 544 Å². The first-order chi connectivity index (χ1) is 41.7. The summed E-state index contributed by atoms with van der Waals surface area (Å²) in [7, 11) is 1.86. The summed E-state index contributed by atoms with van der Waals surface area (Å²) in [6.07, 6.45) is 5.50. The molecule has 0 saturated carbocycles. The van der Waals surface area contributed by atoms with E-state index in [1.54, 1.807) is 57.6 Å². The van der Waals surface area contributed by atoms with Gasteiger partial charge in [-0.2, -0.15) is 25.5 Å². The van der Waals surface area contributed by atoms with Crippen molar-refractivity contribution in [1.29, 1.82) is 0 Å². The van der Waals surface area contributed by atoms with E-state index in [9.17, 15) is 15.3 Å². The minimum atomic E-state index is -0.907. The van der Waals surface area contributed by atoms with E-state index in [0.29, 0.717) is 60.1 Å². The molecule has 0 aliphatic carbocycles. The highest BCUT2D eigenvalue weighted by atomic mass is 32.1. The third-order valence-corrected chi connectivity index (χ3v) is 15.3. The maximum Gasteiger partial charge on any atom is 0.137 e. The lowest BCUT2D eigenvalue weighted by Crippen LogP contribution is -2.21. The van der Waals surface area contributed by atoms with E-state index in [1.807, 2.05) is 107 Å². The van der Waals surface area contributed by atoms with Gasteiger partial charge in [-0.15, -0.1) is 16.4 Å². The van der Waals surface area contributed by atoms with Crippen LogP contribution in [0.25, 0.3) is 5.69 Å². The highest BCUT2D eigenvalue weighted by Gasteiger charge is 2.26. The predicted molar refractivity (Wildman–Crippen MR) is 370 cm³/mol. The van der Waals surface area contributed by atoms with Crippen LogP contribution in [0.5, 0.6) is 0 Å². The van der Waals surface area contributed by atoms with Crippen molar-refractivity contribution >= 4 is 11.3 Å². The largest absolute Gasteiger partial charge is 0.384 e. The average Bonchev–Trinajstić information content (AvgIpc) is 1.73. The summed E-state index contributed by atoms with van der Waals surface area (Å²) in [6, 6.07) is 29.1. The van der Waals surface area contributed by atoms with E-state index in [2.05, 4.69) is 205 Å². The van der Waals surface area contributed by atoms with E-state index in [-0.39, 0.29) is 0 Å². The zero-order valence-electron chi connectivity index (χ0n) is 59.7. The Bertz CT molecular complexity index is 3380. The third kappa shape index (κ3) is 25.0. The normalized spacial score (nSPS) is 11.7. The molecule has 0 fully saturated rings. The van der Waals surface area contributed by atoms with Gasteiger partial charge in [0.1, 0.15) is 29.0 Å². The summed E-state index contributed by atoms with van der Waals surface area (Å²) in [5, 5.41) is 64.1. The van der Waals surface area contributed by atoms with Gasteiger partial charge in [0.25, 0.3) is 0 Å². The van der Waals surface area contributed by atoms with Crippen LogP contribution in [0.1, 0.15) is 292 Å². The molecule has 7 heterocycles. The molecule has 0 radical (unpaired) electrons. The number of nitrogens with zero attached hydrogens (tertiary/aromatic N) is 14. The fourth-order valence-corrected chi connectivity index (χ4v) is 9.37. The second kappa shape index (κ2) is 35.0. The van der Waals surface area contributed by atoms with Gasteiger partial charge in [-0.05, 0) is 161 Å². The maximum absolute atomic E-state index is 10.3. The van der Waals surface area contributed by atoms with Crippen LogP contribution in [-0.2, 0) is 30.4 Å². The van der Waals surface area contributed by atoms with Crippen LogP contribution < -0.4 is 0 Å². The van der Waals surface area contributed by atoms with Crippen LogP contribution in [-0.4, -0.2) is 89.6 Å². The number of rotatable bonds is 15. The Morgan fingerprint density at radius 3 is 1.33 bits per heavy atom. The van der Waals surface area contributed by atoms with Crippen LogP contribution in [0.3, 0.4) is 0 Å². The highest BCUT2D eigenvalue weighted by molar-refractivity contribution is 7.11. The van der Waals surface area contributed by atoms with E-state index in [0.717, 1.165) is 51.4 Å². The standard InChI is InChI=1S/C16H22N2O.C15H20N2O.C10H18N2O.C10H18N2.C8H15N3.C7H11NS.C5H9N3/c1-12(2)14-10-15(16(3,4)19)18(17-14)11-13-8-6-5-7-9-13;1-11(2)13-10-14(15(3,4)18)17(16-13)12-8-6-5-7-9-12;1-7(2)8-6-9(10(3,4)13)12(5)11-8;1-7(2)10-6-9(5)12(11-10)8(3)4;1-6(2)8-5-11(7(3)4)10-9-8;1-5(2)7-4-8-6(3)9-7;1-4(2)5-6-3-7-8-5/h5-10,12,19H,11H2,1-4H3;5-11,18H,1-4H3;6-7,13H,1-5H3;6-8H,1-5H3;5-7H,1-4H3;4-5H,1-3H3;3-4H,1-2H3,(H,6,7,8). The van der Waals surface area contributed by atoms with Gasteiger partial charge in [0, 0.05) is 48.0 Å². The summed E-state index contributed by atoms with van der Waals surface area (Å²) < 4.78 is 9.44. The number of thiazole rings is 1. The number of aromatic amines is 1. The highest BCUT2D eigenvalue weighted by Crippen LogP contribution is 2.29. The summed E-state index contributed by atoms with van der Waals surface area (Å²) >= 11 is 1.78. The van der Waals surface area contributed by atoms with Crippen molar-refractivity contribution in [2.75, 3.05) is 0 Å². The number of aryl methyl sites for hydroxylation is 3. The van der Waals surface area contributed by atoms with E-state index in [4.69, 9.17) is 0 Å². The molecule has 9 aromatic rings. The minimum absolute atomic E-state index is 0.344. The van der Waals surface area contributed by atoms with Gasteiger partial charge in [0.15, 0.2) is 0 Å². The van der Waals surface area contributed by atoms with Gasteiger partial charge >= 0.3 is 0 Å². The summed E-state index contributed by atoms with van der Waals surface area (Å²) in [5.74, 6) is 4.15. The van der Waals surface area contributed by atoms with Crippen LogP contribution >= 0.6 is 11.3 Å². The van der Waals surface area contributed by atoms with Crippen molar-refractivity contribution in [2.45, 2.75) is 257 Å². The van der Waals surface area contributed by atoms with Crippen molar-refractivity contribution in [2.24, 2.45) is 7.05 Å². The van der Waals surface area contributed by atoms with Crippen molar-refractivity contribution in [3.8, 4) is 5.69 Å². The van der Waals surface area contributed by atoms with Gasteiger partial charge in [-0.25, -0.2) is 19.3 Å². The van der Waals surface area contributed by atoms with Crippen molar-refractivity contribution in [3.63, 3.8) is 0 Å². The molecule has 0 saturated heterocycles. The monoisotopic (exact) mass is 1260 g/mol. The first kappa shape index (κ1) is 77.3. The zero-order chi connectivity index (χ0) is 68.2. The van der Waals surface area contributed by atoms with Crippen molar-refractivity contribution < 1.29 is 15.3 Å². The molecule has 0 aliphatic heterocycles. The molecule has 0 aliphatic rings. The first-order valence-corrected chi connectivity index (χ1v) is 32.8. The lowest BCUT2D eigenvalue weighted by molar-refractivity contribution is 0.0685. The second-order valence-electron chi connectivity index (χ2n) is 27.3. The molecule has 0 atom stereocenters. The second-order valence-corrected chi connectivity index (χ2v) is 28.5. The summed E-state index contributed by atoms with van der Waals surface area (Å²) in [4.78, 5) is 9.49. The minimum Gasteiger partial charge on any atom is -0.384 e. The van der Waals surface area contributed by atoms with E-state index >= 15 is 0 Å². The topological polar surface area (TPSA) is 217 Å². The Balaban J connectivity index is 0.000000280. The van der Waals surface area contributed by atoms with Gasteiger partial charge in [0.2, 0.25) is 0 Å². The number of aliphatic hydroxyl groups is 3. The fourth-order valence-electron chi connectivity index (χ4n) is 8.58. The Kier molecular flexibility index (Phi) is 30.1. The first-order valence-electron chi connectivity index (χ1n) is 32.0. The maximum atomic E-state index is 10.3. The number of benzene rings is 2.